The lowest BCUT2D eigenvalue weighted by Crippen LogP contribution is -2.01. The van der Waals surface area contributed by atoms with Crippen LogP contribution in [0, 0.1) is 0 Å². The second-order valence-electron chi connectivity index (χ2n) is 3.90. The number of halogens is 2. The number of ether oxygens (including phenoxy) is 1. The van der Waals surface area contributed by atoms with Crippen molar-refractivity contribution in [2.24, 2.45) is 0 Å². The van der Waals surface area contributed by atoms with Crippen molar-refractivity contribution in [3.63, 3.8) is 0 Å². The van der Waals surface area contributed by atoms with Crippen molar-refractivity contribution in [3.8, 4) is 5.75 Å². The normalized spacial score (nSPS) is 10.3. The fourth-order valence-electron chi connectivity index (χ4n) is 1.67. The van der Waals surface area contributed by atoms with Crippen molar-refractivity contribution in [1.82, 2.24) is 0 Å². The fraction of sp³-hybridized carbons (Fsp3) is 0.143. The third-order valence-electron chi connectivity index (χ3n) is 2.57. The van der Waals surface area contributed by atoms with Gasteiger partial charge in [-0.2, -0.15) is 0 Å². The quantitative estimate of drug-likeness (QED) is 0.803. The zero-order valence-corrected chi connectivity index (χ0v) is 11.9. The molecule has 0 aliphatic heterocycles. The minimum atomic E-state index is 0.536. The van der Waals surface area contributed by atoms with E-state index >= 15 is 0 Å². The smallest absolute Gasteiger partial charge is 0.144 e. The molecule has 0 amide bonds. The van der Waals surface area contributed by atoms with Gasteiger partial charge in [0.1, 0.15) is 5.75 Å². The number of nitrogens with two attached hydrogens (primary N) is 1. The van der Waals surface area contributed by atoms with Crippen molar-refractivity contribution in [2.75, 3.05) is 17.7 Å². The number of hydrogen-bond acceptors (Lipinski definition) is 3. The summed E-state index contributed by atoms with van der Waals surface area (Å²) in [6.45, 7) is 2.48. The summed E-state index contributed by atoms with van der Waals surface area (Å²) in [5, 5.41) is 4.30. The van der Waals surface area contributed by atoms with Crippen LogP contribution in [0.1, 0.15) is 6.92 Å². The van der Waals surface area contributed by atoms with E-state index in [1.807, 2.05) is 25.1 Å². The number of nitrogen functional groups attached to an aromatic ring is 1. The van der Waals surface area contributed by atoms with Gasteiger partial charge in [0.2, 0.25) is 0 Å². The highest BCUT2D eigenvalue weighted by atomic mass is 35.5. The van der Waals surface area contributed by atoms with E-state index in [2.05, 4.69) is 5.32 Å². The fourth-order valence-corrected chi connectivity index (χ4v) is 2.13. The van der Waals surface area contributed by atoms with Crippen molar-refractivity contribution in [2.45, 2.75) is 6.92 Å². The van der Waals surface area contributed by atoms with E-state index in [0.29, 0.717) is 28.1 Å². The highest BCUT2D eigenvalue weighted by Gasteiger charge is 2.08. The number of para-hydroxylation sites is 1. The van der Waals surface area contributed by atoms with E-state index < -0.39 is 0 Å². The van der Waals surface area contributed by atoms with Crippen molar-refractivity contribution >= 4 is 40.3 Å². The first-order valence-corrected chi connectivity index (χ1v) is 6.60. The molecule has 0 aromatic heterocycles. The first-order chi connectivity index (χ1) is 9.11. The Bertz CT molecular complexity index is 588. The molecule has 0 spiro atoms. The van der Waals surface area contributed by atoms with Gasteiger partial charge in [-0.3, -0.25) is 0 Å². The molecule has 100 valence electrons. The Morgan fingerprint density at radius 2 is 1.95 bits per heavy atom. The Morgan fingerprint density at radius 3 is 2.63 bits per heavy atom. The summed E-state index contributed by atoms with van der Waals surface area (Å²) in [4.78, 5) is 0. The molecule has 0 saturated carbocycles. The first kappa shape index (κ1) is 13.8. The lowest BCUT2D eigenvalue weighted by Gasteiger charge is -2.14. The predicted octanol–water partition coefficient (Wildman–Crippen LogP) is 4.72. The molecular weight excluding hydrogens is 283 g/mol. The predicted molar refractivity (Wildman–Crippen MR) is 81.8 cm³/mol. The van der Waals surface area contributed by atoms with E-state index in [1.165, 1.54) is 0 Å². The topological polar surface area (TPSA) is 47.3 Å². The second kappa shape index (κ2) is 6.04. The second-order valence-corrected chi connectivity index (χ2v) is 4.74. The van der Waals surface area contributed by atoms with Gasteiger partial charge in [-0.15, -0.1) is 0 Å². The van der Waals surface area contributed by atoms with Crippen LogP contribution >= 0.6 is 23.2 Å². The maximum atomic E-state index is 6.11. The molecule has 2 aromatic carbocycles. The number of anilines is 3. The van der Waals surface area contributed by atoms with Gasteiger partial charge in [-0.1, -0.05) is 29.3 Å². The van der Waals surface area contributed by atoms with Crippen LogP contribution in [0.4, 0.5) is 17.1 Å². The molecule has 19 heavy (non-hydrogen) atoms. The van der Waals surface area contributed by atoms with Gasteiger partial charge >= 0.3 is 0 Å². The molecule has 0 fully saturated rings. The van der Waals surface area contributed by atoms with Gasteiger partial charge in [0.05, 0.1) is 28.7 Å². The van der Waals surface area contributed by atoms with Crippen LogP contribution in [0.5, 0.6) is 5.75 Å². The molecule has 0 bridgehead atoms. The molecule has 5 heteroatoms. The average molecular weight is 297 g/mol. The third-order valence-corrected chi connectivity index (χ3v) is 3.11. The van der Waals surface area contributed by atoms with Gasteiger partial charge in [-0.25, -0.2) is 0 Å². The van der Waals surface area contributed by atoms with Crippen LogP contribution in [0.25, 0.3) is 0 Å². The molecule has 2 aromatic rings. The largest absolute Gasteiger partial charge is 0.492 e. The lowest BCUT2D eigenvalue weighted by atomic mass is 10.2. The van der Waals surface area contributed by atoms with Crippen LogP contribution in [0.15, 0.2) is 36.4 Å². The van der Waals surface area contributed by atoms with Crippen molar-refractivity contribution in [3.05, 3.63) is 46.4 Å². The Hall–Kier alpha value is -1.58. The van der Waals surface area contributed by atoms with E-state index in [9.17, 15) is 0 Å². The summed E-state index contributed by atoms with van der Waals surface area (Å²) < 4.78 is 5.45. The summed E-state index contributed by atoms with van der Waals surface area (Å²) in [7, 11) is 0. The Balaban J connectivity index is 2.30. The maximum Gasteiger partial charge on any atom is 0.144 e. The maximum absolute atomic E-state index is 6.11. The Labute approximate surface area is 122 Å². The van der Waals surface area contributed by atoms with Crippen LogP contribution in [0.3, 0.4) is 0 Å². The zero-order chi connectivity index (χ0) is 13.8. The van der Waals surface area contributed by atoms with Crippen LogP contribution in [0.2, 0.25) is 10.0 Å². The van der Waals surface area contributed by atoms with E-state index in [-0.39, 0.29) is 0 Å². The molecule has 0 saturated heterocycles. The molecular formula is C14H14Cl2N2O. The Kier molecular flexibility index (Phi) is 4.40. The summed E-state index contributed by atoms with van der Waals surface area (Å²) in [5.41, 5.74) is 8.08. The zero-order valence-electron chi connectivity index (χ0n) is 10.4. The number of nitrogens with one attached hydrogen (secondary N) is 1. The average Bonchev–Trinajstić information content (AvgIpc) is 2.37. The van der Waals surface area contributed by atoms with E-state index in [4.69, 9.17) is 33.7 Å². The SMILES string of the molecule is CCOc1cccc(Nc2ccc(Cl)cc2Cl)c1N. The molecule has 0 atom stereocenters. The molecule has 0 aliphatic carbocycles. The standard InChI is InChI=1S/C14H14Cl2N2O/c1-2-19-13-5-3-4-12(14(13)17)18-11-7-6-9(15)8-10(11)16/h3-8,18H,2,17H2,1H3. The summed E-state index contributed by atoms with van der Waals surface area (Å²) >= 11 is 12.0. The molecule has 0 heterocycles. The molecule has 0 aliphatic rings. The van der Waals surface area contributed by atoms with Crippen molar-refractivity contribution in [1.29, 1.82) is 0 Å². The molecule has 3 N–H and O–H groups in total. The third kappa shape index (κ3) is 3.25. The van der Waals surface area contributed by atoms with Crippen LogP contribution in [-0.4, -0.2) is 6.61 Å². The van der Waals surface area contributed by atoms with Gasteiger partial charge in [0, 0.05) is 5.02 Å². The van der Waals surface area contributed by atoms with Crippen molar-refractivity contribution < 1.29 is 4.74 Å². The number of hydrogen-bond donors (Lipinski definition) is 2. The Morgan fingerprint density at radius 1 is 1.16 bits per heavy atom. The number of benzene rings is 2. The van der Waals surface area contributed by atoms with Crippen LogP contribution < -0.4 is 15.8 Å². The monoisotopic (exact) mass is 296 g/mol. The van der Waals surface area contributed by atoms with Gasteiger partial charge in [0.25, 0.3) is 0 Å². The van der Waals surface area contributed by atoms with Gasteiger partial charge < -0.3 is 15.8 Å². The summed E-state index contributed by atoms with van der Waals surface area (Å²) in [6, 6.07) is 10.8. The van der Waals surface area contributed by atoms with E-state index in [0.717, 1.165) is 11.4 Å². The van der Waals surface area contributed by atoms with Gasteiger partial charge in [0.15, 0.2) is 0 Å². The molecule has 3 nitrogen and oxygen atoms in total. The molecule has 2 rings (SSSR count). The highest BCUT2D eigenvalue weighted by Crippen LogP contribution is 2.34. The molecule has 0 radical (unpaired) electrons. The van der Waals surface area contributed by atoms with Gasteiger partial charge in [-0.05, 0) is 37.3 Å². The minimum absolute atomic E-state index is 0.536. The minimum Gasteiger partial charge on any atom is -0.492 e. The van der Waals surface area contributed by atoms with Crippen LogP contribution in [-0.2, 0) is 0 Å². The molecule has 0 unspecified atom stereocenters. The van der Waals surface area contributed by atoms with E-state index in [1.54, 1.807) is 18.2 Å². The highest BCUT2D eigenvalue weighted by molar-refractivity contribution is 6.36. The lowest BCUT2D eigenvalue weighted by molar-refractivity contribution is 0.342. The first-order valence-electron chi connectivity index (χ1n) is 5.85. The number of rotatable bonds is 4. The summed E-state index contributed by atoms with van der Waals surface area (Å²) in [6.07, 6.45) is 0. The summed E-state index contributed by atoms with van der Waals surface area (Å²) in [5.74, 6) is 0.651.